The molecule has 8 aromatic carbocycles. The highest BCUT2D eigenvalue weighted by Crippen LogP contribution is 2.64. The Hall–Kier alpha value is -7.95. The summed E-state index contributed by atoms with van der Waals surface area (Å²) < 4.78 is 7.08. The topological polar surface area (TPSA) is 47.9 Å². The minimum atomic E-state index is -0.678. The summed E-state index contributed by atoms with van der Waals surface area (Å²) in [5.74, 6) is 2.22. The molecule has 2 aromatic heterocycles. The fraction of sp³-hybridized carbons (Fsp3) is 0.0517. The number of rotatable bonds is 5. The van der Waals surface area contributed by atoms with Gasteiger partial charge in [0.05, 0.1) is 22.4 Å². The van der Waals surface area contributed by atoms with Gasteiger partial charge in [0.25, 0.3) is 0 Å². The second-order valence-corrected chi connectivity index (χ2v) is 16.4. The first-order chi connectivity index (χ1) is 30.6. The molecular formula is C58H39N3O. The molecule has 0 amide bonds. The van der Waals surface area contributed by atoms with Crippen molar-refractivity contribution in [2.24, 2.45) is 0 Å². The van der Waals surface area contributed by atoms with E-state index in [-0.39, 0.29) is 0 Å². The van der Waals surface area contributed by atoms with Gasteiger partial charge in [0, 0.05) is 34.1 Å². The number of hydrogen-bond donors (Lipinski definition) is 0. The molecule has 4 nitrogen and oxygen atoms in total. The van der Waals surface area contributed by atoms with E-state index >= 15 is 0 Å². The van der Waals surface area contributed by atoms with Crippen LogP contribution >= 0.6 is 0 Å². The minimum absolute atomic E-state index is 0.629. The molecule has 1 aliphatic heterocycles. The van der Waals surface area contributed by atoms with Crippen LogP contribution in [0.25, 0.3) is 78.1 Å². The Bertz CT molecular complexity index is 3420. The average Bonchev–Trinajstić information content (AvgIpc) is 3.62. The van der Waals surface area contributed by atoms with Crippen molar-refractivity contribution in [1.82, 2.24) is 15.0 Å². The van der Waals surface area contributed by atoms with Crippen molar-refractivity contribution in [1.29, 1.82) is 0 Å². The molecule has 1 unspecified atom stereocenters. The zero-order valence-corrected chi connectivity index (χ0v) is 34.3. The van der Waals surface area contributed by atoms with Crippen LogP contribution < -0.4 is 4.74 Å². The SMILES string of the molecule is Cc1ccnc(-c2ccccc2-c2cccc3c2-c2ccccc2C32c3ccccc3Oc3c(-c4nc(C)cc(-c5ccc(-c6cccc7ccccc67)cc5)n4)cccc32)c1. The predicted octanol–water partition coefficient (Wildman–Crippen LogP) is 14.4. The number of fused-ring (bicyclic) bond motifs is 10. The third kappa shape index (κ3) is 5.43. The molecule has 3 heterocycles. The summed E-state index contributed by atoms with van der Waals surface area (Å²) in [6.45, 7) is 4.16. The van der Waals surface area contributed by atoms with Crippen molar-refractivity contribution in [2.75, 3.05) is 0 Å². The van der Waals surface area contributed by atoms with Gasteiger partial charge in [-0.05, 0) is 105 Å². The fourth-order valence-corrected chi connectivity index (χ4v) is 10.1. The number of para-hydroxylation sites is 2. The molecule has 2 aliphatic rings. The zero-order chi connectivity index (χ0) is 41.4. The summed E-state index contributed by atoms with van der Waals surface area (Å²) in [7, 11) is 0. The predicted molar refractivity (Wildman–Crippen MR) is 251 cm³/mol. The molecule has 0 radical (unpaired) electrons. The van der Waals surface area contributed by atoms with E-state index in [1.54, 1.807) is 0 Å². The average molecular weight is 794 g/mol. The van der Waals surface area contributed by atoms with Crippen LogP contribution in [0.1, 0.15) is 33.5 Å². The maximum absolute atomic E-state index is 7.08. The van der Waals surface area contributed by atoms with Gasteiger partial charge in [-0.3, -0.25) is 4.98 Å². The van der Waals surface area contributed by atoms with Crippen molar-refractivity contribution in [3.63, 3.8) is 0 Å². The number of aryl methyl sites for hydroxylation is 2. The number of benzene rings is 8. The van der Waals surface area contributed by atoms with Crippen molar-refractivity contribution in [3.8, 4) is 78.8 Å². The molecule has 10 aromatic rings. The summed E-state index contributed by atoms with van der Waals surface area (Å²) >= 11 is 0. The summed E-state index contributed by atoms with van der Waals surface area (Å²) in [4.78, 5) is 15.2. The van der Waals surface area contributed by atoms with Crippen molar-refractivity contribution in [2.45, 2.75) is 19.3 Å². The number of hydrogen-bond acceptors (Lipinski definition) is 4. The van der Waals surface area contributed by atoms with Crippen molar-refractivity contribution >= 4 is 10.8 Å². The maximum Gasteiger partial charge on any atom is 0.163 e. The highest BCUT2D eigenvalue weighted by molar-refractivity contribution is 6.00. The lowest BCUT2D eigenvalue weighted by molar-refractivity contribution is 0.437. The standard InChI is InChI=1S/C58H39N3O/c1-36-32-33-59-53(34-36)44-18-6-5-17-43(44)45-21-12-25-50-55(45)46-19-7-8-23-48(46)58(50)49-24-9-10-27-54(49)62-56-47(22-13-26-51(56)58)57-60-37(2)35-52(61-57)40-30-28-39(29-31-40)42-20-11-15-38-14-3-4-16-41(38)42/h3-35H,1-2H3. The molecule has 12 rings (SSSR count). The van der Waals surface area contributed by atoms with E-state index in [0.29, 0.717) is 5.82 Å². The summed E-state index contributed by atoms with van der Waals surface area (Å²) in [6.07, 6.45) is 1.90. The van der Waals surface area contributed by atoms with Gasteiger partial charge in [0.2, 0.25) is 0 Å². The first-order valence-corrected chi connectivity index (χ1v) is 21.2. The number of pyridine rings is 1. The van der Waals surface area contributed by atoms with Crippen LogP contribution in [0, 0.1) is 13.8 Å². The lowest BCUT2D eigenvalue weighted by Crippen LogP contribution is -2.32. The Morgan fingerprint density at radius 3 is 1.92 bits per heavy atom. The van der Waals surface area contributed by atoms with Gasteiger partial charge in [0.15, 0.2) is 5.82 Å². The summed E-state index contributed by atoms with van der Waals surface area (Å²) in [5.41, 5.74) is 17.9. The lowest BCUT2D eigenvalue weighted by Gasteiger charge is -2.40. The van der Waals surface area contributed by atoms with Gasteiger partial charge in [-0.1, -0.05) is 164 Å². The van der Waals surface area contributed by atoms with Gasteiger partial charge >= 0.3 is 0 Å². The quantitative estimate of drug-likeness (QED) is 0.174. The molecule has 1 aliphatic carbocycles. The minimum Gasteiger partial charge on any atom is -0.456 e. The van der Waals surface area contributed by atoms with Crippen LogP contribution in [0.15, 0.2) is 200 Å². The molecule has 0 N–H and O–H groups in total. The van der Waals surface area contributed by atoms with E-state index in [1.165, 1.54) is 55.3 Å². The Morgan fingerprint density at radius 1 is 0.435 bits per heavy atom. The Kier molecular flexibility index (Phi) is 8.16. The fourth-order valence-electron chi connectivity index (χ4n) is 10.1. The lowest BCUT2D eigenvalue weighted by atomic mass is 9.65. The number of nitrogens with zero attached hydrogens (tertiary/aromatic N) is 3. The van der Waals surface area contributed by atoms with Crippen LogP contribution in [-0.2, 0) is 5.41 Å². The van der Waals surface area contributed by atoms with E-state index in [0.717, 1.165) is 62.0 Å². The number of ether oxygens (including phenoxy) is 1. The van der Waals surface area contributed by atoms with E-state index in [2.05, 4.69) is 195 Å². The normalized spacial score (nSPS) is 14.5. The maximum atomic E-state index is 7.08. The summed E-state index contributed by atoms with van der Waals surface area (Å²) in [5, 5.41) is 2.47. The van der Waals surface area contributed by atoms with Gasteiger partial charge in [-0.25, -0.2) is 9.97 Å². The molecule has 62 heavy (non-hydrogen) atoms. The highest BCUT2D eigenvalue weighted by atomic mass is 16.5. The molecule has 0 saturated carbocycles. The van der Waals surface area contributed by atoms with Gasteiger partial charge in [0.1, 0.15) is 11.5 Å². The second kappa shape index (κ2) is 14.1. The molecule has 0 fully saturated rings. The molecule has 292 valence electrons. The smallest absolute Gasteiger partial charge is 0.163 e. The van der Waals surface area contributed by atoms with Crippen LogP contribution in [0.2, 0.25) is 0 Å². The molecular weight excluding hydrogens is 755 g/mol. The largest absolute Gasteiger partial charge is 0.456 e. The van der Waals surface area contributed by atoms with Crippen LogP contribution in [0.3, 0.4) is 0 Å². The van der Waals surface area contributed by atoms with Crippen molar-refractivity contribution < 1.29 is 4.74 Å². The molecule has 1 atom stereocenters. The van der Waals surface area contributed by atoms with Crippen LogP contribution in [0.4, 0.5) is 0 Å². The van der Waals surface area contributed by atoms with E-state index in [1.807, 2.05) is 19.2 Å². The van der Waals surface area contributed by atoms with Gasteiger partial charge in [-0.15, -0.1) is 0 Å². The van der Waals surface area contributed by atoms with Gasteiger partial charge < -0.3 is 4.74 Å². The van der Waals surface area contributed by atoms with Crippen molar-refractivity contribution in [3.05, 3.63) is 234 Å². The monoisotopic (exact) mass is 793 g/mol. The Labute approximate surface area is 360 Å². The first kappa shape index (κ1) is 35.9. The zero-order valence-electron chi connectivity index (χ0n) is 34.3. The van der Waals surface area contributed by atoms with Crippen LogP contribution in [-0.4, -0.2) is 15.0 Å². The highest BCUT2D eigenvalue weighted by Gasteiger charge is 2.52. The van der Waals surface area contributed by atoms with E-state index in [9.17, 15) is 0 Å². The Morgan fingerprint density at radius 2 is 1.06 bits per heavy atom. The molecule has 1 spiro atoms. The molecule has 0 bridgehead atoms. The molecule has 4 heteroatoms. The second-order valence-electron chi connectivity index (χ2n) is 16.4. The molecule has 0 saturated heterocycles. The first-order valence-electron chi connectivity index (χ1n) is 21.2. The Balaban J connectivity index is 1.04. The number of aromatic nitrogens is 3. The third-order valence-electron chi connectivity index (χ3n) is 12.8. The van der Waals surface area contributed by atoms with E-state index < -0.39 is 5.41 Å². The summed E-state index contributed by atoms with van der Waals surface area (Å²) in [6, 6.07) is 69.4. The van der Waals surface area contributed by atoms with Crippen LogP contribution in [0.5, 0.6) is 11.5 Å². The third-order valence-corrected chi connectivity index (χ3v) is 12.8. The van der Waals surface area contributed by atoms with Gasteiger partial charge in [-0.2, -0.15) is 0 Å². The van der Waals surface area contributed by atoms with E-state index in [4.69, 9.17) is 19.7 Å².